The monoisotopic (exact) mass is 281 g/mol. The van der Waals surface area contributed by atoms with Crippen LogP contribution in [0.2, 0.25) is 5.15 Å². The molecule has 0 spiro atoms. The lowest BCUT2D eigenvalue weighted by molar-refractivity contribution is 0.586. The Kier molecular flexibility index (Phi) is 3.48. The van der Waals surface area contributed by atoms with Crippen LogP contribution in [-0.4, -0.2) is 19.9 Å². The van der Waals surface area contributed by atoms with Crippen LogP contribution in [-0.2, 0) is 10.0 Å². The van der Waals surface area contributed by atoms with Crippen LogP contribution in [0.15, 0.2) is 35.2 Å². The van der Waals surface area contributed by atoms with Crippen molar-refractivity contribution in [2.45, 2.75) is 4.90 Å². The predicted molar refractivity (Wildman–Crippen MR) is 67.6 cm³/mol. The summed E-state index contributed by atoms with van der Waals surface area (Å²) in [5.41, 5.74) is 0.613. The number of hydrogen-bond acceptors (Lipinski definition) is 4. The molecule has 0 amide bonds. The van der Waals surface area contributed by atoms with Gasteiger partial charge in [0.05, 0.1) is 23.0 Å². The minimum Gasteiger partial charge on any atom is -0.236 e. The largest absolute Gasteiger partial charge is 0.241 e. The van der Waals surface area contributed by atoms with Gasteiger partial charge in [0, 0.05) is 5.39 Å². The molecule has 92 valence electrons. The summed E-state index contributed by atoms with van der Waals surface area (Å²) in [4.78, 5) is 4.15. The van der Waals surface area contributed by atoms with E-state index >= 15 is 0 Å². The number of halogens is 1. The van der Waals surface area contributed by atoms with Gasteiger partial charge in [-0.05, 0) is 30.3 Å². The number of pyridine rings is 1. The van der Waals surface area contributed by atoms with Gasteiger partial charge in [0.1, 0.15) is 5.15 Å². The summed E-state index contributed by atoms with van der Waals surface area (Å²) in [7, 11) is -3.66. The fraction of sp³-hybridized carbons (Fsp3) is 0.0909. The number of rotatable bonds is 3. The standard InChI is InChI=1S/C11H8ClN3O2S/c12-11-4-1-8-7-9(2-3-10(8)15-11)18(16,17)14-6-5-13/h1-4,7,14H,6H2. The molecule has 2 aromatic rings. The quantitative estimate of drug-likeness (QED) is 0.685. The first-order valence-corrected chi connectivity index (χ1v) is 6.82. The van der Waals surface area contributed by atoms with Gasteiger partial charge >= 0.3 is 0 Å². The van der Waals surface area contributed by atoms with Crippen molar-refractivity contribution < 1.29 is 8.42 Å². The van der Waals surface area contributed by atoms with E-state index < -0.39 is 10.0 Å². The van der Waals surface area contributed by atoms with Gasteiger partial charge in [-0.15, -0.1) is 0 Å². The number of sulfonamides is 1. The van der Waals surface area contributed by atoms with Crippen molar-refractivity contribution in [1.82, 2.24) is 9.71 Å². The van der Waals surface area contributed by atoms with Crippen LogP contribution >= 0.6 is 11.6 Å². The highest BCUT2D eigenvalue weighted by Gasteiger charge is 2.13. The maximum Gasteiger partial charge on any atom is 0.241 e. The third kappa shape index (κ3) is 2.59. The molecule has 1 heterocycles. The number of nitrogens with one attached hydrogen (secondary N) is 1. The average molecular weight is 282 g/mol. The van der Waals surface area contributed by atoms with Crippen molar-refractivity contribution in [2.75, 3.05) is 6.54 Å². The summed E-state index contributed by atoms with van der Waals surface area (Å²) >= 11 is 5.74. The summed E-state index contributed by atoms with van der Waals surface area (Å²) in [6, 6.07) is 9.47. The minimum atomic E-state index is -3.66. The molecule has 0 aliphatic carbocycles. The van der Waals surface area contributed by atoms with Crippen molar-refractivity contribution in [3.8, 4) is 6.07 Å². The van der Waals surface area contributed by atoms with Gasteiger partial charge in [-0.25, -0.2) is 13.4 Å². The Morgan fingerprint density at radius 1 is 1.33 bits per heavy atom. The van der Waals surface area contributed by atoms with Crippen molar-refractivity contribution >= 4 is 32.5 Å². The molecule has 1 aromatic heterocycles. The molecule has 0 atom stereocenters. The molecule has 0 aliphatic heterocycles. The normalized spacial score (nSPS) is 11.3. The summed E-state index contributed by atoms with van der Waals surface area (Å²) in [5.74, 6) is 0. The Morgan fingerprint density at radius 2 is 2.11 bits per heavy atom. The lowest BCUT2D eigenvalue weighted by Gasteiger charge is -2.05. The van der Waals surface area contributed by atoms with E-state index in [1.165, 1.54) is 12.1 Å². The smallest absolute Gasteiger partial charge is 0.236 e. The van der Waals surface area contributed by atoms with Crippen LogP contribution in [0.4, 0.5) is 0 Å². The summed E-state index contributed by atoms with van der Waals surface area (Å²) in [6.07, 6.45) is 0. The fourth-order valence-corrected chi connectivity index (χ4v) is 2.56. The van der Waals surface area contributed by atoms with Gasteiger partial charge < -0.3 is 0 Å². The van der Waals surface area contributed by atoms with E-state index in [-0.39, 0.29) is 11.4 Å². The van der Waals surface area contributed by atoms with Gasteiger partial charge in [0.25, 0.3) is 0 Å². The summed E-state index contributed by atoms with van der Waals surface area (Å²) in [5, 5.41) is 9.39. The Bertz CT molecular complexity index is 738. The second-order valence-corrected chi connectivity index (χ2v) is 5.63. The van der Waals surface area contributed by atoms with Crippen LogP contribution < -0.4 is 4.72 Å². The van der Waals surface area contributed by atoms with E-state index in [9.17, 15) is 8.42 Å². The molecule has 0 saturated carbocycles. The van der Waals surface area contributed by atoms with E-state index in [0.717, 1.165) is 0 Å². The van der Waals surface area contributed by atoms with Crippen LogP contribution in [0.1, 0.15) is 0 Å². The first-order valence-electron chi connectivity index (χ1n) is 4.96. The first-order chi connectivity index (χ1) is 8.53. The minimum absolute atomic E-state index is 0.0920. The molecule has 2 rings (SSSR count). The summed E-state index contributed by atoms with van der Waals surface area (Å²) < 4.78 is 25.8. The van der Waals surface area contributed by atoms with Gasteiger partial charge in [0.2, 0.25) is 10.0 Å². The topological polar surface area (TPSA) is 82.9 Å². The van der Waals surface area contributed by atoms with Crippen molar-refractivity contribution in [2.24, 2.45) is 0 Å². The molecular weight excluding hydrogens is 274 g/mol. The molecule has 5 nitrogen and oxygen atoms in total. The number of aromatic nitrogens is 1. The molecule has 0 aliphatic rings. The highest BCUT2D eigenvalue weighted by atomic mass is 35.5. The molecule has 1 N–H and O–H groups in total. The summed E-state index contributed by atoms with van der Waals surface area (Å²) in [6.45, 7) is -0.265. The Morgan fingerprint density at radius 3 is 2.83 bits per heavy atom. The highest BCUT2D eigenvalue weighted by Crippen LogP contribution is 2.19. The zero-order valence-electron chi connectivity index (χ0n) is 9.09. The maximum absolute atomic E-state index is 11.8. The van der Waals surface area contributed by atoms with Crippen molar-refractivity contribution in [1.29, 1.82) is 5.26 Å². The molecule has 0 radical (unpaired) electrons. The number of nitriles is 1. The number of nitrogens with zero attached hydrogens (tertiary/aromatic N) is 2. The SMILES string of the molecule is N#CCNS(=O)(=O)c1ccc2nc(Cl)ccc2c1. The number of fused-ring (bicyclic) bond motifs is 1. The van der Waals surface area contributed by atoms with Crippen molar-refractivity contribution in [3.63, 3.8) is 0 Å². The molecular formula is C11H8ClN3O2S. The van der Waals surface area contributed by atoms with Gasteiger partial charge in [0.15, 0.2) is 0 Å². The molecule has 0 fully saturated rings. The molecule has 0 bridgehead atoms. The number of benzene rings is 1. The zero-order chi connectivity index (χ0) is 13.2. The molecule has 18 heavy (non-hydrogen) atoms. The fourth-order valence-electron chi connectivity index (χ4n) is 1.46. The van der Waals surface area contributed by atoms with Crippen molar-refractivity contribution in [3.05, 3.63) is 35.5 Å². The third-order valence-electron chi connectivity index (χ3n) is 2.28. The van der Waals surface area contributed by atoms with E-state index in [0.29, 0.717) is 16.1 Å². The Labute approximate surface area is 109 Å². The van der Waals surface area contributed by atoms with Crippen LogP contribution in [0.5, 0.6) is 0 Å². The van der Waals surface area contributed by atoms with Crippen LogP contribution in [0.3, 0.4) is 0 Å². The molecule has 0 saturated heterocycles. The molecule has 0 unspecified atom stereocenters. The van der Waals surface area contributed by atoms with E-state index in [1.54, 1.807) is 24.3 Å². The van der Waals surface area contributed by atoms with E-state index in [1.807, 2.05) is 0 Å². The number of hydrogen-bond donors (Lipinski definition) is 1. The van der Waals surface area contributed by atoms with Crippen LogP contribution in [0, 0.1) is 11.3 Å². The van der Waals surface area contributed by atoms with E-state index in [2.05, 4.69) is 9.71 Å². The predicted octanol–water partition coefficient (Wildman–Crippen LogP) is 1.69. The Balaban J connectivity index is 2.48. The lowest BCUT2D eigenvalue weighted by atomic mass is 10.2. The van der Waals surface area contributed by atoms with E-state index in [4.69, 9.17) is 16.9 Å². The lowest BCUT2D eigenvalue weighted by Crippen LogP contribution is -2.23. The highest BCUT2D eigenvalue weighted by molar-refractivity contribution is 7.89. The maximum atomic E-state index is 11.8. The zero-order valence-corrected chi connectivity index (χ0v) is 10.7. The molecule has 7 heteroatoms. The van der Waals surface area contributed by atoms with Gasteiger partial charge in [-0.3, -0.25) is 0 Å². The Hall–Kier alpha value is -1.68. The average Bonchev–Trinajstić information content (AvgIpc) is 2.35. The van der Waals surface area contributed by atoms with Crippen LogP contribution in [0.25, 0.3) is 10.9 Å². The molecule has 1 aromatic carbocycles. The van der Waals surface area contributed by atoms with Gasteiger partial charge in [-0.1, -0.05) is 11.6 Å². The first kappa shape index (κ1) is 12.8. The third-order valence-corrected chi connectivity index (χ3v) is 3.89. The second-order valence-electron chi connectivity index (χ2n) is 3.47. The second kappa shape index (κ2) is 4.90. The van der Waals surface area contributed by atoms with Gasteiger partial charge in [-0.2, -0.15) is 9.98 Å².